The summed E-state index contributed by atoms with van der Waals surface area (Å²) in [6.07, 6.45) is 0. The van der Waals surface area contributed by atoms with Crippen molar-refractivity contribution in [3.8, 4) is 0 Å². The van der Waals surface area contributed by atoms with Gasteiger partial charge in [-0.3, -0.25) is 0 Å². The van der Waals surface area contributed by atoms with Crippen molar-refractivity contribution in [1.82, 2.24) is 0 Å². The van der Waals surface area contributed by atoms with Crippen molar-refractivity contribution in [2.75, 3.05) is 0 Å². The molecule has 0 fully saturated rings. The summed E-state index contributed by atoms with van der Waals surface area (Å²) in [6.45, 7) is 4.16. The van der Waals surface area contributed by atoms with Crippen molar-refractivity contribution in [2.24, 2.45) is 0 Å². The number of hydrogen-bond acceptors (Lipinski definition) is 0. The van der Waals surface area contributed by atoms with Crippen LogP contribution in [0.15, 0.2) is 30.3 Å². The van der Waals surface area contributed by atoms with Gasteiger partial charge in [0.1, 0.15) is 0 Å². The number of alkyl halides is 1. The van der Waals surface area contributed by atoms with Crippen LogP contribution in [0.5, 0.6) is 0 Å². The molecule has 0 aliphatic rings. The van der Waals surface area contributed by atoms with Gasteiger partial charge in [-0.2, -0.15) is 0 Å². The SMILES string of the molecule is Cc1cc(Cl)c(C(Br)c2ccc(I)c(Cl)c2)cc1C. The summed E-state index contributed by atoms with van der Waals surface area (Å²) in [5.41, 5.74) is 4.62. The van der Waals surface area contributed by atoms with Gasteiger partial charge in [0.25, 0.3) is 0 Å². The van der Waals surface area contributed by atoms with Gasteiger partial charge < -0.3 is 0 Å². The molecule has 0 radical (unpaired) electrons. The van der Waals surface area contributed by atoms with Crippen LogP contribution in [0.2, 0.25) is 10.0 Å². The van der Waals surface area contributed by atoms with E-state index in [9.17, 15) is 0 Å². The van der Waals surface area contributed by atoms with Crippen LogP contribution in [0.3, 0.4) is 0 Å². The largest absolute Gasteiger partial charge is 0.0840 e. The van der Waals surface area contributed by atoms with Crippen LogP contribution < -0.4 is 0 Å². The molecule has 1 atom stereocenters. The van der Waals surface area contributed by atoms with Crippen LogP contribution in [-0.2, 0) is 0 Å². The molecule has 0 saturated carbocycles. The third-order valence-corrected chi connectivity index (χ3v) is 6.04. The van der Waals surface area contributed by atoms with Gasteiger partial charge in [0.15, 0.2) is 0 Å². The molecule has 2 rings (SSSR count). The molecule has 0 spiro atoms. The zero-order valence-corrected chi connectivity index (χ0v) is 15.7. The van der Waals surface area contributed by atoms with Gasteiger partial charge in [0.2, 0.25) is 0 Å². The molecule has 0 aliphatic heterocycles. The second-order valence-electron chi connectivity index (χ2n) is 4.49. The fraction of sp³-hybridized carbons (Fsp3) is 0.200. The fourth-order valence-corrected chi connectivity index (χ4v) is 3.49. The number of benzene rings is 2. The van der Waals surface area contributed by atoms with E-state index in [2.05, 4.69) is 64.5 Å². The Labute approximate surface area is 145 Å². The lowest BCUT2D eigenvalue weighted by molar-refractivity contribution is 1.15. The monoisotopic (exact) mass is 468 g/mol. The molecule has 100 valence electrons. The van der Waals surface area contributed by atoms with E-state index in [1.807, 2.05) is 18.2 Å². The Hall–Kier alpha value is 0.230. The average Bonchev–Trinajstić information content (AvgIpc) is 2.36. The van der Waals surface area contributed by atoms with Crippen molar-refractivity contribution >= 4 is 61.7 Å². The van der Waals surface area contributed by atoms with Crippen LogP contribution in [-0.4, -0.2) is 0 Å². The van der Waals surface area contributed by atoms with Crippen LogP contribution >= 0.6 is 61.7 Å². The molecule has 0 N–H and O–H groups in total. The molecule has 0 saturated heterocycles. The molecule has 2 aromatic carbocycles. The first kappa shape index (κ1) is 15.6. The lowest BCUT2D eigenvalue weighted by Crippen LogP contribution is -1.96. The Morgan fingerprint density at radius 1 is 1.00 bits per heavy atom. The van der Waals surface area contributed by atoms with E-state index < -0.39 is 0 Å². The second kappa shape index (κ2) is 6.33. The minimum absolute atomic E-state index is 0.0498. The highest BCUT2D eigenvalue weighted by atomic mass is 127. The molecule has 0 amide bonds. The summed E-state index contributed by atoms with van der Waals surface area (Å²) in [4.78, 5) is 0.0498. The van der Waals surface area contributed by atoms with Crippen molar-refractivity contribution in [1.29, 1.82) is 0 Å². The van der Waals surface area contributed by atoms with E-state index in [-0.39, 0.29) is 4.83 Å². The van der Waals surface area contributed by atoms with Crippen LogP contribution in [0, 0.1) is 17.4 Å². The van der Waals surface area contributed by atoms with Crippen molar-refractivity contribution < 1.29 is 0 Å². The quantitative estimate of drug-likeness (QED) is 0.339. The van der Waals surface area contributed by atoms with E-state index in [0.29, 0.717) is 0 Å². The normalized spacial score (nSPS) is 12.5. The molecular formula is C15H12BrCl2I. The summed E-state index contributed by atoms with van der Waals surface area (Å²) in [7, 11) is 0. The van der Waals surface area contributed by atoms with Gasteiger partial charge in [-0.1, -0.05) is 51.3 Å². The highest BCUT2D eigenvalue weighted by Gasteiger charge is 2.16. The van der Waals surface area contributed by atoms with E-state index in [1.165, 1.54) is 11.1 Å². The van der Waals surface area contributed by atoms with Gasteiger partial charge in [0, 0.05) is 8.59 Å². The predicted octanol–water partition coefficient (Wildman–Crippen LogP) is 6.70. The van der Waals surface area contributed by atoms with E-state index >= 15 is 0 Å². The Morgan fingerprint density at radius 2 is 1.63 bits per heavy atom. The number of hydrogen-bond donors (Lipinski definition) is 0. The second-order valence-corrected chi connectivity index (χ2v) is 7.39. The standard InChI is InChI=1S/C15H12BrCl2I/c1-8-5-11(12(17)6-9(8)2)15(16)10-3-4-14(19)13(18)7-10/h3-7,15H,1-2H3. The molecule has 1 unspecified atom stereocenters. The molecule has 0 nitrogen and oxygen atoms in total. The zero-order valence-electron chi connectivity index (χ0n) is 10.5. The van der Waals surface area contributed by atoms with E-state index in [4.69, 9.17) is 23.2 Å². The lowest BCUT2D eigenvalue weighted by Gasteiger charge is -2.15. The summed E-state index contributed by atoms with van der Waals surface area (Å²) in [5, 5.41) is 1.54. The Kier molecular flexibility index (Phi) is 5.21. The third-order valence-electron chi connectivity index (χ3n) is 3.12. The van der Waals surface area contributed by atoms with Gasteiger partial charge in [-0.05, 0) is 76.9 Å². The molecule has 0 aromatic heterocycles. The van der Waals surface area contributed by atoms with Crippen LogP contribution in [0.4, 0.5) is 0 Å². The Bertz CT molecular complexity index is 626. The maximum Gasteiger partial charge on any atom is 0.0659 e. The molecule has 19 heavy (non-hydrogen) atoms. The van der Waals surface area contributed by atoms with Gasteiger partial charge in [0.05, 0.1) is 9.85 Å². The molecule has 4 heteroatoms. The minimum atomic E-state index is 0.0498. The fourth-order valence-electron chi connectivity index (χ4n) is 1.85. The first-order chi connectivity index (χ1) is 8.90. The van der Waals surface area contributed by atoms with E-state index in [1.54, 1.807) is 0 Å². The van der Waals surface area contributed by atoms with Crippen LogP contribution in [0.25, 0.3) is 0 Å². The Morgan fingerprint density at radius 3 is 2.26 bits per heavy atom. The number of halogens is 4. The summed E-state index contributed by atoms with van der Waals surface area (Å²) < 4.78 is 1.05. The van der Waals surface area contributed by atoms with Crippen molar-refractivity contribution in [3.05, 3.63) is 66.2 Å². The summed E-state index contributed by atoms with van der Waals surface area (Å²) >= 11 is 18.5. The molecular weight excluding hydrogens is 458 g/mol. The predicted molar refractivity (Wildman–Crippen MR) is 95.9 cm³/mol. The van der Waals surface area contributed by atoms with Gasteiger partial charge in [-0.25, -0.2) is 0 Å². The summed E-state index contributed by atoms with van der Waals surface area (Å²) in [5.74, 6) is 0. The number of aryl methyl sites for hydroxylation is 2. The smallest absolute Gasteiger partial charge is 0.0659 e. The average molecular weight is 470 g/mol. The topological polar surface area (TPSA) is 0 Å². The van der Waals surface area contributed by atoms with Crippen LogP contribution in [0.1, 0.15) is 27.1 Å². The highest BCUT2D eigenvalue weighted by molar-refractivity contribution is 14.1. The third kappa shape index (κ3) is 3.46. The van der Waals surface area contributed by atoms with Crippen molar-refractivity contribution in [2.45, 2.75) is 18.7 Å². The van der Waals surface area contributed by atoms with Gasteiger partial charge in [-0.15, -0.1) is 0 Å². The van der Waals surface area contributed by atoms with Gasteiger partial charge >= 0.3 is 0 Å². The first-order valence-electron chi connectivity index (χ1n) is 5.76. The Balaban J connectivity index is 2.46. The van der Waals surface area contributed by atoms with Crippen molar-refractivity contribution in [3.63, 3.8) is 0 Å². The summed E-state index contributed by atoms with van der Waals surface area (Å²) in [6, 6.07) is 10.2. The van der Waals surface area contributed by atoms with E-state index in [0.717, 1.165) is 24.7 Å². The molecule has 2 aromatic rings. The molecule has 0 bridgehead atoms. The number of rotatable bonds is 2. The maximum atomic E-state index is 6.35. The maximum absolute atomic E-state index is 6.35. The first-order valence-corrected chi connectivity index (χ1v) is 8.51. The minimum Gasteiger partial charge on any atom is -0.0840 e. The highest BCUT2D eigenvalue weighted by Crippen LogP contribution is 2.38. The molecule has 0 aliphatic carbocycles. The lowest BCUT2D eigenvalue weighted by atomic mass is 10.0. The zero-order chi connectivity index (χ0) is 14.2. The molecule has 0 heterocycles.